The van der Waals surface area contributed by atoms with Gasteiger partial charge in [0.25, 0.3) is 0 Å². The number of nitrogens with one attached hydrogen (secondary N) is 2. The first-order chi connectivity index (χ1) is 13.5. The predicted molar refractivity (Wildman–Crippen MR) is 98.9 cm³/mol. The van der Waals surface area contributed by atoms with Crippen LogP contribution in [0.2, 0.25) is 0 Å². The minimum Gasteiger partial charge on any atom is -0.353 e. The van der Waals surface area contributed by atoms with Gasteiger partial charge in [-0.1, -0.05) is 19.3 Å². The zero-order chi connectivity index (χ0) is 19.8. The van der Waals surface area contributed by atoms with E-state index in [4.69, 9.17) is 5.26 Å². The highest BCUT2D eigenvalue weighted by Gasteiger charge is 2.55. The Bertz CT molecular complexity index is 700. The van der Waals surface area contributed by atoms with Gasteiger partial charge in [0.15, 0.2) is 6.29 Å². The van der Waals surface area contributed by atoms with Gasteiger partial charge >= 0.3 is 6.03 Å². The van der Waals surface area contributed by atoms with Crippen LogP contribution in [0.25, 0.3) is 0 Å². The number of nitrogens with zero attached hydrogens (tertiary/aromatic N) is 4. The predicted octanol–water partition coefficient (Wildman–Crippen LogP) is 0.742. The number of carbonyl (C=O) groups excluding carboxylic acids is 3. The van der Waals surface area contributed by atoms with Crippen LogP contribution in [0.1, 0.15) is 51.4 Å². The number of carbonyl (C=O) groups is 3. The van der Waals surface area contributed by atoms with E-state index in [1.54, 1.807) is 16.8 Å². The summed E-state index contributed by atoms with van der Waals surface area (Å²) < 4.78 is 0. The van der Waals surface area contributed by atoms with Crippen molar-refractivity contribution in [3.05, 3.63) is 0 Å². The summed E-state index contributed by atoms with van der Waals surface area (Å²) in [6, 6.07) is 1.62. The topological polar surface area (TPSA) is 109 Å². The van der Waals surface area contributed by atoms with Crippen molar-refractivity contribution in [1.29, 1.82) is 5.26 Å². The number of hydrogen-bond donors (Lipinski definition) is 2. The van der Waals surface area contributed by atoms with E-state index in [1.165, 1.54) is 11.4 Å². The highest BCUT2D eigenvalue weighted by molar-refractivity contribution is 5.86. The van der Waals surface area contributed by atoms with E-state index >= 15 is 0 Å². The van der Waals surface area contributed by atoms with Gasteiger partial charge in [-0.3, -0.25) is 14.5 Å². The van der Waals surface area contributed by atoms with Crippen molar-refractivity contribution in [1.82, 2.24) is 25.6 Å². The summed E-state index contributed by atoms with van der Waals surface area (Å²) in [7, 11) is 1.67. The minimum atomic E-state index is -0.588. The third kappa shape index (κ3) is 3.20. The van der Waals surface area contributed by atoms with Gasteiger partial charge in [-0.2, -0.15) is 10.7 Å². The van der Waals surface area contributed by atoms with Crippen molar-refractivity contribution < 1.29 is 14.4 Å². The summed E-state index contributed by atoms with van der Waals surface area (Å²) in [6.07, 6.45) is 6.80. The molecule has 2 heterocycles. The van der Waals surface area contributed by atoms with E-state index in [0.29, 0.717) is 19.3 Å². The van der Waals surface area contributed by atoms with Crippen LogP contribution in [0.15, 0.2) is 0 Å². The number of amides is 4. The zero-order valence-electron chi connectivity index (χ0n) is 16.3. The molecule has 0 aromatic heterocycles. The lowest BCUT2D eigenvalue weighted by atomic mass is 9.75. The molecule has 2 saturated heterocycles. The van der Waals surface area contributed by atoms with Crippen molar-refractivity contribution in [3.8, 4) is 6.07 Å². The fraction of sp³-hybridized carbons (Fsp3) is 0.789. The fourth-order valence-corrected chi connectivity index (χ4v) is 5.21. The third-order valence-electron chi connectivity index (χ3n) is 6.74. The van der Waals surface area contributed by atoms with Crippen LogP contribution < -0.4 is 10.7 Å². The first-order valence-corrected chi connectivity index (χ1v) is 10.3. The molecule has 9 nitrogen and oxygen atoms in total. The quantitative estimate of drug-likeness (QED) is 0.693. The molecular weight excluding hydrogens is 360 g/mol. The van der Waals surface area contributed by atoms with Crippen LogP contribution in [-0.2, 0) is 9.59 Å². The Kier molecular flexibility index (Phi) is 5.15. The lowest BCUT2D eigenvalue weighted by Crippen LogP contribution is -2.66. The molecule has 9 heteroatoms. The monoisotopic (exact) mass is 388 g/mol. The normalized spacial score (nSPS) is 33.4. The van der Waals surface area contributed by atoms with Crippen LogP contribution in [0.5, 0.6) is 0 Å². The van der Waals surface area contributed by atoms with Crippen LogP contribution in [0.4, 0.5) is 4.79 Å². The maximum atomic E-state index is 12.8. The van der Waals surface area contributed by atoms with Crippen molar-refractivity contribution in [2.24, 2.45) is 11.8 Å². The summed E-state index contributed by atoms with van der Waals surface area (Å²) in [6.45, 7) is -0.0865. The zero-order valence-corrected chi connectivity index (χ0v) is 16.3. The molecule has 0 radical (unpaired) electrons. The molecule has 152 valence electrons. The molecule has 2 aliphatic carbocycles. The molecular formula is C19H28N6O3. The smallest absolute Gasteiger partial charge is 0.338 e. The second kappa shape index (κ2) is 7.59. The lowest BCUT2D eigenvalue weighted by Gasteiger charge is -2.48. The summed E-state index contributed by atoms with van der Waals surface area (Å²) in [4.78, 5) is 41.7. The number of rotatable bonds is 3. The first kappa shape index (κ1) is 19.0. The molecule has 2 aliphatic heterocycles. The van der Waals surface area contributed by atoms with E-state index in [-0.39, 0.29) is 48.3 Å². The number of hydrogen-bond acceptors (Lipinski definition) is 5. The van der Waals surface area contributed by atoms with E-state index < -0.39 is 6.29 Å². The third-order valence-corrected chi connectivity index (χ3v) is 6.74. The summed E-state index contributed by atoms with van der Waals surface area (Å²) in [5.74, 6) is -0.413. The number of urea groups is 1. The second-order valence-corrected chi connectivity index (χ2v) is 8.41. The van der Waals surface area contributed by atoms with E-state index in [1.807, 2.05) is 6.07 Å². The molecule has 4 unspecified atom stereocenters. The van der Waals surface area contributed by atoms with E-state index in [0.717, 1.165) is 25.7 Å². The van der Waals surface area contributed by atoms with Crippen LogP contribution >= 0.6 is 0 Å². The molecule has 4 fully saturated rings. The van der Waals surface area contributed by atoms with Crippen molar-refractivity contribution >= 4 is 17.8 Å². The molecule has 0 bridgehead atoms. The van der Waals surface area contributed by atoms with Gasteiger partial charge in [0.1, 0.15) is 6.54 Å². The molecule has 4 amide bonds. The largest absolute Gasteiger partial charge is 0.353 e. The fourth-order valence-electron chi connectivity index (χ4n) is 5.21. The maximum absolute atomic E-state index is 12.8. The highest BCUT2D eigenvalue weighted by Crippen LogP contribution is 2.40. The molecule has 0 spiro atoms. The molecule has 4 atom stereocenters. The highest BCUT2D eigenvalue weighted by atomic mass is 16.2. The summed E-state index contributed by atoms with van der Waals surface area (Å²) >= 11 is 0. The average Bonchev–Trinajstić information content (AvgIpc) is 3.03. The molecule has 28 heavy (non-hydrogen) atoms. The lowest BCUT2D eigenvalue weighted by molar-refractivity contribution is -0.156. The van der Waals surface area contributed by atoms with Gasteiger partial charge in [-0.15, -0.1) is 0 Å². The van der Waals surface area contributed by atoms with Gasteiger partial charge < -0.3 is 10.2 Å². The van der Waals surface area contributed by atoms with Crippen LogP contribution in [0, 0.1) is 23.2 Å². The van der Waals surface area contributed by atoms with E-state index in [9.17, 15) is 14.4 Å². The molecule has 0 aromatic carbocycles. The van der Waals surface area contributed by atoms with Crippen LogP contribution in [-0.4, -0.2) is 64.6 Å². The van der Waals surface area contributed by atoms with Crippen molar-refractivity contribution in [2.45, 2.75) is 69.7 Å². The van der Waals surface area contributed by atoms with Gasteiger partial charge in [0.05, 0.1) is 12.0 Å². The molecule has 0 aromatic rings. The van der Waals surface area contributed by atoms with Gasteiger partial charge in [0.2, 0.25) is 11.8 Å². The van der Waals surface area contributed by atoms with Gasteiger partial charge in [-0.05, 0) is 32.1 Å². The Labute approximate surface area is 165 Å². The SMILES string of the molecule is CN1C(=O)C2CCC(C(=O)NC3CCCCC3)CC2N2C(=O)N(CC#N)NC12. The molecule has 4 aliphatic rings. The first-order valence-electron chi connectivity index (χ1n) is 10.3. The Morgan fingerprint density at radius 2 is 1.96 bits per heavy atom. The second-order valence-electron chi connectivity index (χ2n) is 8.41. The number of nitriles is 1. The van der Waals surface area contributed by atoms with Crippen molar-refractivity contribution in [2.75, 3.05) is 13.6 Å². The van der Waals surface area contributed by atoms with Gasteiger partial charge in [-0.25, -0.2) is 9.80 Å². The Morgan fingerprint density at radius 1 is 1.21 bits per heavy atom. The maximum Gasteiger partial charge on any atom is 0.338 e. The molecule has 4 rings (SSSR count). The van der Waals surface area contributed by atoms with Crippen molar-refractivity contribution in [3.63, 3.8) is 0 Å². The number of hydrazine groups is 1. The Balaban J connectivity index is 1.48. The summed E-state index contributed by atoms with van der Waals surface area (Å²) in [5, 5.41) is 13.4. The Hall–Kier alpha value is -2.34. The summed E-state index contributed by atoms with van der Waals surface area (Å²) in [5.41, 5.74) is 2.96. The van der Waals surface area contributed by atoms with E-state index in [2.05, 4.69) is 10.7 Å². The molecule has 2 N–H and O–H groups in total. The van der Waals surface area contributed by atoms with Gasteiger partial charge in [0, 0.05) is 25.0 Å². The Morgan fingerprint density at radius 3 is 2.68 bits per heavy atom. The minimum absolute atomic E-state index is 0.00324. The number of fused-ring (bicyclic) bond motifs is 3. The van der Waals surface area contributed by atoms with Crippen LogP contribution in [0.3, 0.4) is 0 Å². The average molecular weight is 388 g/mol. The molecule has 2 saturated carbocycles. The standard InChI is InChI=1S/C19H28N6O3/c1-23-17(27)14-8-7-12(16(26)21-13-5-3-2-4-6-13)11-15(14)25-18(23)22-24(10-9-20)19(25)28/h12-15,18,22H,2-8,10-11H2,1H3,(H,21,26).